The second-order valence-electron chi connectivity index (χ2n) is 5.33. The van der Waals surface area contributed by atoms with Gasteiger partial charge in [0.15, 0.2) is 0 Å². The lowest BCUT2D eigenvalue weighted by molar-refractivity contribution is -0.917. The molecule has 0 aromatic heterocycles. The van der Waals surface area contributed by atoms with Gasteiger partial charge in [-0.05, 0) is 19.3 Å². The highest BCUT2D eigenvalue weighted by atomic mass is 16.1. The van der Waals surface area contributed by atoms with Crippen molar-refractivity contribution in [1.29, 1.82) is 0 Å². The van der Waals surface area contributed by atoms with E-state index in [1.807, 2.05) is 0 Å². The van der Waals surface area contributed by atoms with E-state index in [9.17, 15) is 4.79 Å². The van der Waals surface area contributed by atoms with E-state index in [0.717, 1.165) is 0 Å². The van der Waals surface area contributed by atoms with E-state index in [1.54, 1.807) is 4.90 Å². The number of quaternary nitrogens is 1. The molecule has 3 aliphatic rings. The smallest absolute Gasteiger partial charge is 0.144 e. The van der Waals surface area contributed by atoms with Crippen LogP contribution in [0.1, 0.15) is 38.5 Å². The van der Waals surface area contributed by atoms with Crippen LogP contribution in [0.2, 0.25) is 0 Å². The largest absolute Gasteiger partial charge is 0.332 e. The Labute approximate surface area is 85.7 Å². The van der Waals surface area contributed by atoms with Crippen LogP contribution in [0.5, 0.6) is 0 Å². The van der Waals surface area contributed by atoms with E-state index in [1.165, 1.54) is 51.6 Å². The lowest BCUT2D eigenvalue weighted by Crippen LogP contribution is -3.15. The molecule has 2 aliphatic carbocycles. The molecule has 0 amide bonds. The van der Waals surface area contributed by atoms with Crippen molar-refractivity contribution >= 4 is 5.78 Å². The molecule has 1 aliphatic heterocycles. The molecule has 14 heavy (non-hydrogen) atoms. The lowest BCUT2D eigenvalue weighted by atomic mass is 9.83. The normalized spacial score (nSPS) is 43.4. The summed E-state index contributed by atoms with van der Waals surface area (Å²) < 4.78 is 0. The maximum atomic E-state index is 11.9. The summed E-state index contributed by atoms with van der Waals surface area (Å²) in [7, 11) is 0. The Morgan fingerprint density at radius 1 is 1.00 bits per heavy atom. The maximum absolute atomic E-state index is 11.9. The second-order valence-corrected chi connectivity index (χ2v) is 5.33. The maximum Gasteiger partial charge on any atom is 0.144 e. The van der Waals surface area contributed by atoms with E-state index in [4.69, 9.17) is 0 Å². The number of hydrogen-bond acceptors (Lipinski definition) is 1. The Kier molecular flexibility index (Phi) is 2.12. The average molecular weight is 194 g/mol. The van der Waals surface area contributed by atoms with Crippen LogP contribution < -0.4 is 4.90 Å². The topological polar surface area (TPSA) is 21.5 Å². The van der Waals surface area contributed by atoms with Crippen LogP contribution in [0.25, 0.3) is 0 Å². The minimum atomic E-state index is 0.460. The van der Waals surface area contributed by atoms with E-state index < -0.39 is 0 Å². The van der Waals surface area contributed by atoms with Crippen LogP contribution in [0, 0.1) is 11.8 Å². The Hall–Kier alpha value is -0.370. The number of hydrogen-bond donors (Lipinski definition) is 1. The molecule has 2 bridgehead atoms. The number of ketones is 1. The molecule has 2 heteroatoms. The van der Waals surface area contributed by atoms with Gasteiger partial charge in [-0.15, -0.1) is 0 Å². The molecule has 1 heterocycles. The number of rotatable bonds is 1. The van der Waals surface area contributed by atoms with Gasteiger partial charge in [0.25, 0.3) is 0 Å². The minimum absolute atomic E-state index is 0.460. The fourth-order valence-corrected chi connectivity index (χ4v) is 3.92. The van der Waals surface area contributed by atoms with Crippen molar-refractivity contribution in [2.75, 3.05) is 13.1 Å². The van der Waals surface area contributed by atoms with E-state index >= 15 is 0 Å². The van der Waals surface area contributed by atoms with Crippen LogP contribution in [0.15, 0.2) is 0 Å². The van der Waals surface area contributed by atoms with Crippen LogP contribution in [0.3, 0.4) is 0 Å². The number of nitrogens with one attached hydrogen (secondary N) is 1. The molecule has 3 fully saturated rings. The molecule has 2 nitrogen and oxygen atoms in total. The van der Waals surface area contributed by atoms with Gasteiger partial charge in [0, 0.05) is 25.2 Å². The summed E-state index contributed by atoms with van der Waals surface area (Å²) in [5, 5.41) is 0. The first-order valence-electron chi connectivity index (χ1n) is 6.24. The third-order valence-corrected chi connectivity index (χ3v) is 4.68. The van der Waals surface area contributed by atoms with Crippen LogP contribution in [-0.2, 0) is 4.79 Å². The van der Waals surface area contributed by atoms with Crippen molar-refractivity contribution in [3.63, 3.8) is 0 Å². The third-order valence-electron chi connectivity index (χ3n) is 4.68. The Morgan fingerprint density at radius 2 is 1.71 bits per heavy atom. The molecule has 78 valence electrons. The molecule has 1 saturated heterocycles. The van der Waals surface area contributed by atoms with Crippen LogP contribution >= 0.6 is 0 Å². The first-order chi connectivity index (χ1) is 6.86. The molecular weight excluding hydrogens is 174 g/mol. The second kappa shape index (κ2) is 3.34. The summed E-state index contributed by atoms with van der Waals surface area (Å²) in [4.78, 5) is 13.7. The summed E-state index contributed by atoms with van der Waals surface area (Å²) in [6.07, 6.45) is 7.71. The van der Waals surface area contributed by atoms with Crippen molar-refractivity contribution in [2.45, 2.75) is 44.6 Å². The summed E-state index contributed by atoms with van der Waals surface area (Å²) >= 11 is 0. The quantitative estimate of drug-likeness (QED) is 0.642. The van der Waals surface area contributed by atoms with E-state index in [0.29, 0.717) is 23.7 Å². The summed E-state index contributed by atoms with van der Waals surface area (Å²) in [5.41, 5.74) is 0. The van der Waals surface area contributed by atoms with Gasteiger partial charge in [0.2, 0.25) is 0 Å². The van der Waals surface area contributed by atoms with Crippen molar-refractivity contribution in [3.8, 4) is 0 Å². The number of likely N-dealkylation sites (tertiary alicyclic amines) is 1. The van der Waals surface area contributed by atoms with Gasteiger partial charge in [-0.2, -0.15) is 0 Å². The zero-order valence-corrected chi connectivity index (χ0v) is 8.80. The highest BCUT2D eigenvalue weighted by Gasteiger charge is 2.47. The number of carbonyl (C=O) groups is 1. The summed E-state index contributed by atoms with van der Waals surface area (Å²) in [6.45, 7) is 2.66. The molecule has 0 aromatic carbocycles. The predicted molar refractivity (Wildman–Crippen MR) is 54.2 cm³/mol. The number of Topliss-reactive ketones (excluding diaryl/α,β-unsaturated/α-hetero) is 1. The molecule has 0 spiro atoms. The first-order valence-corrected chi connectivity index (χ1v) is 6.24. The molecule has 0 radical (unpaired) electrons. The minimum Gasteiger partial charge on any atom is -0.332 e. The van der Waals surface area contributed by atoms with E-state index in [-0.39, 0.29) is 0 Å². The zero-order chi connectivity index (χ0) is 9.54. The fraction of sp³-hybridized carbons (Fsp3) is 0.917. The standard InChI is InChI=1S/C12H19NO/c14-12-9-3-5-10(12)11(6-4-9)13-7-1-2-8-13/h9-11H,1-8H2/p+1/t9-,10-,11+/m0/s1. The van der Waals surface area contributed by atoms with Gasteiger partial charge in [-0.25, -0.2) is 0 Å². The Balaban J connectivity index is 1.76. The zero-order valence-electron chi connectivity index (χ0n) is 8.80. The summed E-state index contributed by atoms with van der Waals surface area (Å²) in [6, 6.07) is 0.712. The molecule has 1 N–H and O–H groups in total. The van der Waals surface area contributed by atoms with Gasteiger partial charge in [0.05, 0.1) is 25.0 Å². The van der Waals surface area contributed by atoms with Crippen molar-refractivity contribution in [2.24, 2.45) is 11.8 Å². The van der Waals surface area contributed by atoms with Gasteiger partial charge in [-0.1, -0.05) is 0 Å². The molecule has 3 rings (SSSR count). The lowest BCUT2D eigenvalue weighted by Gasteiger charge is -2.32. The van der Waals surface area contributed by atoms with Crippen molar-refractivity contribution in [3.05, 3.63) is 0 Å². The van der Waals surface area contributed by atoms with Gasteiger partial charge < -0.3 is 4.90 Å². The van der Waals surface area contributed by atoms with Gasteiger partial charge in [0.1, 0.15) is 5.78 Å². The highest BCUT2D eigenvalue weighted by molar-refractivity contribution is 5.86. The number of carbonyl (C=O) groups excluding carboxylic acids is 1. The summed E-state index contributed by atoms with van der Waals surface area (Å²) in [5.74, 6) is 1.56. The molecule has 3 atom stereocenters. The molecule has 0 aromatic rings. The molecule has 0 unspecified atom stereocenters. The van der Waals surface area contributed by atoms with Crippen LogP contribution in [0.4, 0.5) is 0 Å². The van der Waals surface area contributed by atoms with Gasteiger partial charge in [-0.3, -0.25) is 4.79 Å². The van der Waals surface area contributed by atoms with Crippen molar-refractivity contribution < 1.29 is 9.69 Å². The average Bonchev–Trinajstić information content (AvgIpc) is 2.76. The predicted octanol–water partition coefficient (Wildman–Crippen LogP) is 0.423. The number of fused-ring (bicyclic) bond motifs is 2. The Bertz CT molecular complexity index is 245. The highest BCUT2D eigenvalue weighted by Crippen LogP contribution is 2.38. The molecular formula is C12H20NO+. The van der Waals surface area contributed by atoms with E-state index in [2.05, 4.69) is 0 Å². The fourth-order valence-electron chi connectivity index (χ4n) is 3.92. The molecule has 2 saturated carbocycles. The third kappa shape index (κ3) is 1.23. The SMILES string of the molecule is O=C1[C@H]2CC[C@H]1[C@H]([NH+]1CCCC1)CC2. The van der Waals surface area contributed by atoms with Gasteiger partial charge >= 0.3 is 0 Å². The van der Waals surface area contributed by atoms with Crippen molar-refractivity contribution in [1.82, 2.24) is 0 Å². The van der Waals surface area contributed by atoms with Crippen LogP contribution in [-0.4, -0.2) is 24.9 Å². The Morgan fingerprint density at radius 3 is 2.50 bits per heavy atom. The first kappa shape index (κ1) is 8.90. The monoisotopic (exact) mass is 194 g/mol.